The van der Waals surface area contributed by atoms with Gasteiger partial charge in [-0.25, -0.2) is 0 Å². The van der Waals surface area contributed by atoms with E-state index in [0.717, 1.165) is 51.0 Å². The Kier molecular flexibility index (Phi) is 7.89. The number of benzene rings is 9. The lowest BCUT2D eigenvalue weighted by atomic mass is 9.84. The van der Waals surface area contributed by atoms with Gasteiger partial charge in [0.15, 0.2) is 0 Å². The molecule has 0 amide bonds. The molecule has 0 saturated carbocycles. The molecule has 0 radical (unpaired) electrons. The van der Waals surface area contributed by atoms with Gasteiger partial charge in [-0.15, -0.1) is 0 Å². The molecule has 0 spiro atoms. The monoisotopic (exact) mass is 729 g/mol. The number of hydrogen-bond donors (Lipinski definition) is 0. The molecule has 1 unspecified atom stereocenters. The first kappa shape index (κ1) is 33.2. The van der Waals surface area contributed by atoms with Crippen molar-refractivity contribution in [3.63, 3.8) is 0 Å². The molecular formula is C55H39NO. The van der Waals surface area contributed by atoms with Gasteiger partial charge in [0.05, 0.1) is 5.69 Å². The second-order valence-corrected chi connectivity index (χ2v) is 15.3. The third kappa shape index (κ3) is 5.56. The summed E-state index contributed by atoms with van der Waals surface area (Å²) in [7, 11) is 0. The van der Waals surface area contributed by atoms with Crippen molar-refractivity contribution in [2.45, 2.75) is 19.3 Å². The summed E-state index contributed by atoms with van der Waals surface area (Å²) < 4.78 is 6.31. The highest BCUT2D eigenvalue weighted by Gasteiger charge is 2.22. The third-order valence-corrected chi connectivity index (χ3v) is 11.9. The Morgan fingerprint density at radius 2 is 1.14 bits per heavy atom. The topological polar surface area (TPSA) is 16.4 Å². The lowest BCUT2D eigenvalue weighted by molar-refractivity contribution is 0.669. The Hall–Kier alpha value is -7.16. The zero-order chi connectivity index (χ0) is 37.9. The van der Waals surface area contributed by atoms with Crippen molar-refractivity contribution in [2.75, 3.05) is 4.90 Å². The molecule has 9 aromatic carbocycles. The minimum atomic E-state index is 0.532. The molecule has 0 fully saturated rings. The van der Waals surface area contributed by atoms with E-state index < -0.39 is 0 Å². The smallest absolute Gasteiger partial charge is 0.135 e. The van der Waals surface area contributed by atoms with Crippen molar-refractivity contribution < 1.29 is 4.42 Å². The average Bonchev–Trinajstić information content (AvgIpc) is 3.65. The Balaban J connectivity index is 1.11. The van der Waals surface area contributed by atoms with Gasteiger partial charge in [-0.3, -0.25) is 0 Å². The number of nitrogens with zero attached hydrogens (tertiary/aromatic N) is 1. The highest BCUT2D eigenvalue weighted by Crippen LogP contribution is 2.46. The lowest BCUT2D eigenvalue weighted by Crippen LogP contribution is -2.11. The van der Waals surface area contributed by atoms with Crippen molar-refractivity contribution >= 4 is 66.6 Å². The number of para-hydroxylation sites is 2. The van der Waals surface area contributed by atoms with Crippen LogP contribution in [0, 0.1) is 0 Å². The average molecular weight is 730 g/mol. The third-order valence-electron chi connectivity index (χ3n) is 11.9. The SMILES string of the molecule is CC1CC=Cc2c1ccc1c(-c3ccc(N(c4ccc5oc6ccccc6c5c4)c4ccccc4-c4cccc5cccc(-c6ccccc6)c45)cc3)cccc21. The van der Waals surface area contributed by atoms with Crippen LogP contribution in [0.25, 0.3) is 82.9 Å². The Morgan fingerprint density at radius 3 is 2.02 bits per heavy atom. The maximum atomic E-state index is 6.31. The number of furan rings is 1. The van der Waals surface area contributed by atoms with Crippen molar-refractivity contribution in [1.29, 1.82) is 0 Å². The van der Waals surface area contributed by atoms with Gasteiger partial charge in [0.2, 0.25) is 0 Å². The van der Waals surface area contributed by atoms with Crippen LogP contribution in [0.3, 0.4) is 0 Å². The van der Waals surface area contributed by atoms with E-state index in [1.165, 1.54) is 60.5 Å². The quantitative estimate of drug-likeness (QED) is 0.169. The zero-order valence-corrected chi connectivity index (χ0v) is 31.7. The molecule has 11 rings (SSSR count). The summed E-state index contributed by atoms with van der Waals surface area (Å²) in [6.45, 7) is 2.33. The van der Waals surface area contributed by atoms with E-state index in [2.05, 4.69) is 200 Å². The number of anilines is 3. The summed E-state index contributed by atoms with van der Waals surface area (Å²) in [5.74, 6) is 0.532. The van der Waals surface area contributed by atoms with Crippen LogP contribution in [-0.2, 0) is 0 Å². The molecule has 1 aliphatic carbocycles. The molecule has 0 saturated heterocycles. The van der Waals surface area contributed by atoms with Crippen molar-refractivity contribution in [1.82, 2.24) is 0 Å². The fraction of sp³-hybridized carbons (Fsp3) is 0.0545. The van der Waals surface area contributed by atoms with Gasteiger partial charge >= 0.3 is 0 Å². The van der Waals surface area contributed by atoms with Gasteiger partial charge in [-0.2, -0.15) is 0 Å². The summed E-state index contributed by atoms with van der Waals surface area (Å²) in [5, 5.41) is 7.27. The molecule has 1 heterocycles. The second kappa shape index (κ2) is 13.5. The lowest BCUT2D eigenvalue weighted by Gasteiger charge is -2.28. The van der Waals surface area contributed by atoms with Crippen LogP contribution < -0.4 is 4.90 Å². The Bertz CT molecular complexity index is 3160. The van der Waals surface area contributed by atoms with E-state index in [4.69, 9.17) is 4.42 Å². The molecule has 2 heteroatoms. The van der Waals surface area contributed by atoms with E-state index in [9.17, 15) is 0 Å². The molecular weight excluding hydrogens is 691 g/mol. The van der Waals surface area contributed by atoms with Crippen LogP contribution in [0.2, 0.25) is 0 Å². The van der Waals surface area contributed by atoms with E-state index in [-0.39, 0.29) is 0 Å². The van der Waals surface area contributed by atoms with Crippen LogP contribution in [0.1, 0.15) is 30.4 Å². The first-order valence-electron chi connectivity index (χ1n) is 19.9. The molecule has 57 heavy (non-hydrogen) atoms. The molecule has 1 aromatic heterocycles. The summed E-state index contributed by atoms with van der Waals surface area (Å²) in [5.41, 5.74) is 15.1. The normalized spacial score (nSPS) is 13.7. The van der Waals surface area contributed by atoms with Crippen molar-refractivity contribution in [2.24, 2.45) is 0 Å². The zero-order valence-electron chi connectivity index (χ0n) is 31.7. The number of rotatable bonds is 6. The van der Waals surface area contributed by atoms with Gasteiger partial charge in [0, 0.05) is 27.7 Å². The molecule has 0 bridgehead atoms. The molecule has 1 aliphatic rings. The second-order valence-electron chi connectivity index (χ2n) is 15.3. The number of fused-ring (bicyclic) bond motifs is 7. The van der Waals surface area contributed by atoms with E-state index >= 15 is 0 Å². The Labute approximate surface area is 332 Å². The molecule has 2 nitrogen and oxygen atoms in total. The molecule has 1 atom stereocenters. The fourth-order valence-corrected chi connectivity index (χ4v) is 9.17. The summed E-state index contributed by atoms with van der Waals surface area (Å²) in [6, 6.07) is 68.3. The van der Waals surface area contributed by atoms with Gasteiger partial charge in [0.1, 0.15) is 11.2 Å². The number of allylic oxidation sites excluding steroid dienone is 1. The number of hydrogen-bond acceptors (Lipinski definition) is 2. The first-order valence-corrected chi connectivity index (χ1v) is 19.9. The van der Waals surface area contributed by atoms with E-state index in [1.807, 2.05) is 12.1 Å². The van der Waals surface area contributed by atoms with Gasteiger partial charge in [-0.1, -0.05) is 165 Å². The van der Waals surface area contributed by atoms with Crippen LogP contribution in [-0.4, -0.2) is 0 Å². The molecule has 10 aromatic rings. The largest absolute Gasteiger partial charge is 0.456 e. The molecule has 270 valence electrons. The van der Waals surface area contributed by atoms with Crippen molar-refractivity contribution in [3.8, 4) is 33.4 Å². The van der Waals surface area contributed by atoms with Crippen LogP contribution >= 0.6 is 0 Å². The fourth-order valence-electron chi connectivity index (χ4n) is 9.17. The molecule has 0 N–H and O–H groups in total. The predicted octanol–water partition coefficient (Wildman–Crippen LogP) is 15.9. The van der Waals surface area contributed by atoms with E-state index in [1.54, 1.807) is 0 Å². The molecule has 0 aliphatic heterocycles. The summed E-state index contributed by atoms with van der Waals surface area (Å²) in [4.78, 5) is 2.41. The van der Waals surface area contributed by atoms with E-state index in [0.29, 0.717) is 5.92 Å². The standard InChI is InChI=1S/C55H39NO/c1-36-13-9-22-45-42(36)32-33-47-43(20-12-23-46(45)47)38-27-29-40(30-28-38)56(41-31-34-54-51(35-41)49-19-6-8-26-53(49)57-54)52-25-7-5-18-48(52)50-24-11-17-39-16-10-21-44(55(39)50)37-14-3-2-4-15-37/h2-12,14-36H,13H2,1H3. The van der Waals surface area contributed by atoms with Gasteiger partial charge < -0.3 is 9.32 Å². The first-order chi connectivity index (χ1) is 28.2. The van der Waals surface area contributed by atoms with Crippen molar-refractivity contribution in [3.05, 3.63) is 205 Å². The van der Waals surface area contributed by atoms with Crippen LogP contribution in [0.5, 0.6) is 0 Å². The predicted molar refractivity (Wildman–Crippen MR) is 242 cm³/mol. The van der Waals surface area contributed by atoms with Gasteiger partial charge in [0.25, 0.3) is 0 Å². The maximum Gasteiger partial charge on any atom is 0.135 e. The highest BCUT2D eigenvalue weighted by molar-refractivity contribution is 6.10. The maximum absolute atomic E-state index is 6.31. The minimum Gasteiger partial charge on any atom is -0.456 e. The summed E-state index contributed by atoms with van der Waals surface area (Å²) in [6.07, 6.45) is 5.74. The van der Waals surface area contributed by atoms with Gasteiger partial charge in [-0.05, 0) is 115 Å². The minimum absolute atomic E-state index is 0.532. The summed E-state index contributed by atoms with van der Waals surface area (Å²) >= 11 is 0. The Morgan fingerprint density at radius 1 is 0.474 bits per heavy atom. The van der Waals surface area contributed by atoms with Crippen LogP contribution in [0.4, 0.5) is 17.1 Å². The van der Waals surface area contributed by atoms with Crippen LogP contribution in [0.15, 0.2) is 199 Å². The highest BCUT2D eigenvalue weighted by atomic mass is 16.3.